The third-order valence-corrected chi connectivity index (χ3v) is 5.11. The van der Waals surface area contributed by atoms with E-state index in [4.69, 9.17) is 9.47 Å². The van der Waals surface area contributed by atoms with E-state index in [-0.39, 0.29) is 24.0 Å². The maximum atomic E-state index is 5.34. The van der Waals surface area contributed by atoms with Gasteiger partial charge < -0.3 is 25.4 Å². The van der Waals surface area contributed by atoms with E-state index in [0.29, 0.717) is 12.3 Å². The average Bonchev–Trinajstić information content (AvgIpc) is 3.15. The molecule has 29 heavy (non-hydrogen) atoms. The van der Waals surface area contributed by atoms with E-state index < -0.39 is 0 Å². The zero-order valence-corrected chi connectivity index (χ0v) is 19.8. The first-order valence-electron chi connectivity index (χ1n) is 8.98. The molecule has 3 rings (SSSR count). The van der Waals surface area contributed by atoms with Gasteiger partial charge in [0.1, 0.15) is 0 Å². The smallest absolute Gasteiger partial charge is 0.191 e. The number of halogens is 1. The highest BCUT2D eigenvalue weighted by Gasteiger charge is 2.06. The Labute approximate surface area is 192 Å². The molecule has 9 heteroatoms. The van der Waals surface area contributed by atoms with Crippen LogP contribution < -0.4 is 25.4 Å². The fourth-order valence-corrected chi connectivity index (χ4v) is 3.59. The van der Waals surface area contributed by atoms with Gasteiger partial charge in [-0.3, -0.25) is 4.99 Å². The lowest BCUT2D eigenvalue weighted by molar-refractivity contribution is 0.354. The summed E-state index contributed by atoms with van der Waals surface area (Å²) in [6.45, 7) is 2.10. The number of nitrogens with one attached hydrogen (secondary N) is 3. The second-order valence-electron chi connectivity index (χ2n) is 5.96. The molecule has 0 unspecified atom stereocenters. The first-order valence-corrected chi connectivity index (χ1v) is 9.80. The number of nitrogens with zero attached hydrogens (tertiary/aromatic N) is 2. The van der Waals surface area contributed by atoms with E-state index in [1.807, 2.05) is 36.4 Å². The Balaban J connectivity index is 0.00000300. The van der Waals surface area contributed by atoms with Crippen LogP contribution in [0.4, 0.5) is 5.13 Å². The maximum absolute atomic E-state index is 5.34. The minimum Gasteiger partial charge on any atom is -0.493 e. The molecule has 0 bridgehead atoms. The molecule has 0 saturated heterocycles. The van der Waals surface area contributed by atoms with Gasteiger partial charge in [0, 0.05) is 26.7 Å². The Kier molecular flexibility index (Phi) is 9.26. The Bertz CT molecular complexity index is 915. The van der Waals surface area contributed by atoms with Gasteiger partial charge in [-0.1, -0.05) is 29.5 Å². The lowest BCUT2D eigenvalue weighted by Crippen LogP contribution is -2.39. The minimum atomic E-state index is 0. The zero-order chi connectivity index (χ0) is 19.8. The number of aromatic nitrogens is 1. The van der Waals surface area contributed by atoms with Crippen molar-refractivity contribution < 1.29 is 9.47 Å². The highest BCUT2D eigenvalue weighted by atomic mass is 127. The molecular weight excluding hydrogens is 501 g/mol. The number of benzene rings is 2. The summed E-state index contributed by atoms with van der Waals surface area (Å²) in [6, 6.07) is 14.0. The number of fused-ring (bicyclic) bond motifs is 1. The molecule has 0 atom stereocenters. The van der Waals surface area contributed by atoms with Crippen molar-refractivity contribution in [1.29, 1.82) is 0 Å². The van der Waals surface area contributed by atoms with Crippen LogP contribution in [0.2, 0.25) is 0 Å². The molecule has 2 aromatic carbocycles. The number of rotatable bonds is 8. The topological polar surface area (TPSA) is 79.8 Å². The normalized spacial score (nSPS) is 10.9. The molecule has 0 saturated carbocycles. The summed E-state index contributed by atoms with van der Waals surface area (Å²) in [5.41, 5.74) is 2.10. The quantitative estimate of drug-likeness (QED) is 0.180. The molecular formula is C20H26IN5O2S. The van der Waals surface area contributed by atoms with Crippen LogP contribution in [0.3, 0.4) is 0 Å². The van der Waals surface area contributed by atoms with Crippen molar-refractivity contribution in [3.8, 4) is 11.5 Å². The van der Waals surface area contributed by atoms with Crippen molar-refractivity contribution >= 4 is 56.6 Å². The Morgan fingerprint density at radius 2 is 1.83 bits per heavy atom. The van der Waals surface area contributed by atoms with Crippen molar-refractivity contribution in [2.24, 2.45) is 4.99 Å². The Morgan fingerprint density at radius 3 is 2.55 bits per heavy atom. The van der Waals surface area contributed by atoms with Crippen LogP contribution in [0, 0.1) is 0 Å². The summed E-state index contributed by atoms with van der Waals surface area (Å²) < 4.78 is 11.8. The average molecular weight is 527 g/mol. The number of guanidine groups is 1. The molecule has 0 fully saturated rings. The largest absolute Gasteiger partial charge is 0.493 e. The number of aliphatic imine (C=N–C) groups is 1. The fraction of sp³-hybridized carbons (Fsp3) is 0.300. The molecule has 0 amide bonds. The molecule has 3 N–H and O–H groups in total. The molecule has 0 spiro atoms. The molecule has 7 nitrogen and oxygen atoms in total. The second-order valence-corrected chi connectivity index (χ2v) is 6.99. The first-order chi connectivity index (χ1) is 13.7. The van der Waals surface area contributed by atoms with Crippen LogP contribution in [0.15, 0.2) is 47.5 Å². The SMILES string of the molecule is CN=C(NCCNc1nc2ccccc2s1)NCc1ccc(OC)c(OC)c1.I. The highest BCUT2D eigenvalue weighted by Crippen LogP contribution is 2.27. The molecule has 156 valence electrons. The van der Waals surface area contributed by atoms with Crippen molar-refractivity contribution in [1.82, 2.24) is 15.6 Å². The van der Waals surface area contributed by atoms with Crippen molar-refractivity contribution in [3.63, 3.8) is 0 Å². The van der Waals surface area contributed by atoms with Crippen LogP contribution in [0.1, 0.15) is 5.56 Å². The number of methoxy groups -OCH3 is 2. The van der Waals surface area contributed by atoms with Gasteiger partial charge in [-0.15, -0.1) is 24.0 Å². The lowest BCUT2D eigenvalue weighted by Gasteiger charge is -2.13. The number of thiazole rings is 1. The zero-order valence-electron chi connectivity index (χ0n) is 16.7. The van der Waals surface area contributed by atoms with E-state index in [0.717, 1.165) is 41.0 Å². The van der Waals surface area contributed by atoms with Gasteiger partial charge in [0.2, 0.25) is 0 Å². The van der Waals surface area contributed by atoms with Crippen LogP contribution in [0.5, 0.6) is 11.5 Å². The number of para-hydroxylation sites is 1. The number of anilines is 1. The van der Waals surface area contributed by atoms with Gasteiger partial charge in [0.15, 0.2) is 22.6 Å². The van der Waals surface area contributed by atoms with E-state index in [2.05, 4.69) is 32.0 Å². The summed E-state index contributed by atoms with van der Waals surface area (Å²) in [7, 11) is 5.02. The van der Waals surface area contributed by atoms with Gasteiger partial charge in [-0.25, -0.2) is 4.98 Å². The van der Waals surface area contributed by atoms with Crippen LogP contribution in [0.25, 0.3) is 10.2 Å². The summed E-state index contributed by atoms with van der Waals surface area (Å²) in [6.07, 6.45) is 0. The van der Waals surface area contributed by atoms with Crippen molar-refractivity contribution in [2.75, 3.05) is 39.7 Å². The summed E-state index contributed by atoms with van der Waals surface area (Å²) in [5.74, 6) is 2.17. The van der Waals surface area contributed by atoms with Crippen LogP contribution in [-0.2, 0) is 6.54 Å². The Morgan fingerprint density at radius 1 is 1.03 bits per heavy atom. The van der Waals surface area contributed by atoms with E-state index in [9.17, 15) is 0 Å². The van der Waals surface area contributed by atoms with E-state index in [1.165, 1.54) is 4.70 Å². The van der Waals surface area contributed by atoms with Gasteiger partial charge in [0.05, 0.1) is 24.4 Å². The molecule has 0 aliphatic rings. The highest BCUT2D eigenvalue weighted by molar-refractivity contribution is 14.0. The summed E-state index contributed by atoms with van der Waals surface area (Å²) >= 11 is 1.66. The molecule has 1 aromatic heterocycles. The second kappa shape index (κ2) is 11.7. The lowest BCUT2D eigenvalue weighted by atomic mass is 10.2. The minimum absolute atomic E-state index is 0. The first kappa shape index (κ1) is 23.0. The molecule has 0 aliphatic carbocycles. The predicted octanol–water partition coefficient (Wildman–Crippen LogP) is 3.71. The fourth-order valence-electron chi connectivity index (χ4n) is 2.70. The van der Waals surface area contributed by atoms with Gasteiger partial charge >= 0.3 is 0 Å². The van der Waals surface area contributed by atoms with Crippen molar-refractivity contribution in [2.45, 2.75) is 6.54 Å². The third-order valence-electron chi connectivity index (χ3n) is 4.12. The monoisotopic (exact) mass is 527 g/mol. The molecule has 0 aliphatic heterocycles. The van der Waals surface area contributed by atoms with E-state index >= 15 is 0 Å². The standard InChI is InChI=1S/C20H25N5O2S.HI/c1-21-19(24-13-14-8-9-16(26-2)17(12-14)27-3)22-10-11-23-20-25-15-6-4-5-7-18(15)28-20;/h4-9,12H,10-11,13H2,1-3H3,(H,23,25)(H2,21,22,24);1H. The van der Waals surface area contributed by atoms with E-state index in [1.54, 1.807) is 32.6 Å². The number of hydrogen-bond acceptors (Lipinski definition) is 6. The summed E-state index contributed by atoms with van der Waals surface area (Å²) in [5, 5.41) is 10.9. The molecule has 0 radical (unpaired) electrons. The number of ether oxygens (including phenoxy) is 2. The van der Waals surface area contributed by atoms with Gasteiger partial charge in [-0.2, -0.15) is 0 Å². The van der Waals surface area contributed by atoms with Crippen molar-refractivity contribution in [3.05, 3.63) is 48.0 Å². The van der Waals surface area contributed by atoms with Crippen LogP contribution in [-0.4, -0.2) is 45.3 Å². The van der Waals surface area contributed by atoms with Crippen LogP contribution >= 0.6 is 35.3 Å². The summed E-state index contributed by atoms with van der Waals surface area (Å²) in [4.78, 5) is 8.82. The third kappa shape index (κ3) is 6.36. The number of hydrogen-bond donors (Lipinski definition) is 3. The van der Waals surface area contributed by atoms with Gasteiger partial charge in [0.25, 0.3) is 0 Å². The molecule has 3 aromatic rings. The maximum Gasteiger partial charge on any atom is 0.191 e. The molecule has 1 heterocycles. The van der Waals surface area contributed by atoms with Gasteiger partial charge in [-0.05, 0) is 29.8 Å². The predicted molar refractivity (Wildman–Crippen MR) is 131 cm³/mol. The Hall–Kier alpha value is -2.27.